The number of nitrogens with one attached hydrogen (secondary N) is 4. The largest absolute Gasteiger partial charge is 0.318 e. The molecule has 4 heteroatoms. The van der Waals surface area contributed by atoms with Crippen molar-refractivity contribution in [2.45, 2.75) is 20.3 Å². The number of hydrogen-bond acceptors (Lipinski definition) is 4. The molecule has 0 radical (unpaired) electrons. The predicted octanol–water partition coefficient (Wildman–Crippen LogP) is 0.0207. The first-order chi connectivity index (χ1) is 7.77. The first-order valence-corrected chi connectivity index (χ1v) is 6.54. The monoisotopic (exact) mass is 230 g/mol. The van der Waals surface area contributed by atoms with E-state index in [1.54, 1.807) is 0 Å². The van der Waals surface area contributed by atoms with Crippen molar-refractivity contribution in [1.29, 1.82) is 0 Å². The van der Waals surface area contributed by atoms with Crippen molar-refractivity contribution in [3.63, 3.8) is 0 Å². The molecule has 0 aromatic carbocycles. The van der Waals surface area contributed by atoms with E-state index in [1.165, 1.54) is 6.42 Å². The molecule has 0 bridgehead atoms. The molecule has 4 N–H and O–H groups in total. The Morgan fingerprint density at radius 3 is 1.56 bits per heavy atom. The summed E-state index contributed by atoms with van der Waals surface area (Å²) in [5, 5.41) is 13.3. The van der Waals surface area contributed by atoms with Gasteiger partial charge in [0.15, 0.2) is 0 Å². The Bertz CT molecular complexity index is 128. The van der Waals surface area contributed by atoms with Gasteiger partial charge in [-0.3, -0.25) is 0 Å². The van der Waals surface area contributed by atoms with E-state index in [9.17, 15) is 0 Å². The first kappa shape index (κ1) is 15.8. The van der Waals surface area contributed by atoms with E-state index in [4.69, 9.17) is 0 Å². The van der Waals surface area contributed by atoms with Crippen LogP contribution in [0.3, 0.4) is 0 Å². The fraction of sp³-hybridized carbons (Fsp3) is 1.00. The molecule has 0 saturated carbocycles. The van der Waals surface area contributed by atoms with Crippen molar-refractivity contribution in [2.75, 3.05) is 52.9 Å². The highest BCUT2D eigenvalue weighted by molar-refractivity contribution is 4.56. The number of rotatable bonds is 12. The van der Waals surface area contributed by atoms with Crippen molar-refractivity contribution in [2.24, 2.45) is 5.92 Å². The van der Waals surface area contributed by atoms with Gasteiger partial charge in [0.1, 0.15) is 0 Å². The van der Waals surface area contributed by atoms with Crippen LogP contribution in [0.15, 0.2) is 0 Å². The highest BCUT2D eigenvalue weighted by Gasteiger charge is 1.92. The van der Waals surface area contributed by atoms with Crippen LogP contribution in [0.25, 0.3) is 0 Å². The van der Waals surface area contributed by atoms with Gasteiger partial charge in [-0.25, -0.2) is 0 Å². The van der Waals surface area contributed by atoms with E-state index < -0.39 is 0 Å². The molecule has 0 aromatic heterocycles. The number of likely N-dealkylation sites (N-methyl/N-ethyl adjacent to an activating group) is 1. The van der Waals surface area contributed by atoms with E-state index in [1.807, 2.05) is 7.05 Å². The van der Waals surface area contributed by atoms with Crippen LogP contribution in [0.4, 0.5) is 0 Å². The Balaban J connectivity index is 2.88. The smallest absolute Gasteiger partial charge is 0.00772 e. The Hall–Kier alpha value is -0.160. The lowest BCUT2D eigenvalue weighted by Crippen LogP contribution is -2.34. The minimum Gasteiger partial charge on any atom is -0.318 e. The zero-order valence-electron chi connectivity index (χ0n) is 11.2. The minimum atomic E-state index is 0.803. The molecule has 98 valence electrons. The van der Waals surface area contributed by atoms with Crippen LogP contribution in [0, 0.1) is 5.92 Å². The van der Waals surface area contributed by atoms with E-state index in [2.05, 4.69) is 35.1 Å². The van der Waals surface area contributed by atoms with Crippen molar-refractivity contribution in [3.8, 4) is 0 Å². The van der Waals surface area contributed by atoms with Gasteiger partial charge in [-0.2, -0.15) is 0 Å². The SMILES string of the molecule is CNCCNCCNCCNCCC(C)C. The van der Waals surface area contributed by atoms with Crippen LogP contribution < -0.4 is 21.3 Å². The second-order valence-electron chi connectivity index (χ2n) is 4.54. The summed E-state index contributed by atoms with van der Waals surface area (Å²) in [5.41, 5.74) is 0. The standard InChI is InChI=1S/C12H30N4/c1-12(2)4-5-14-8-9-16-11-10-15-7-6-13-3/h12-16H,4-11H2,1-3H3. The van der Waals surface area contributed by atoms with Crippen LogP contribution in [0.1, 0.15) is 20.3 Å². The third-order valence-corrected chi connectivity index (χ3v) is 2.41. The molecule has 0 aliphatic rings. The van der Waals surface area contributed by atoms with Crippen LogP contribution in [0.5, 0.6) is 0 Å². The number of hydrogen-bond donors (Lipinski definition) is 4. The highest BCUT2D eigenvalue weighted by atomic mass is 15.0. The summed E-state index contributed by atoms with van der Waals surface area (Å²) in [6.07, 6.45) is 1.27. The molecular weight excluding hydrogens is 200 g/mol. The Morgan fingerprint density at radius 2 is 1.12 bits per heavy atom. The van der Waals surface area contributed by atoms with Crippen LogP contribution in [0.2, 0.25) is 0 Å². The average molecular weight is 230 g/mol. The van der Waals surface area contributed by atoms with Crippen molar-refractivity contribution in [1.82, 2.24) is 21.3 Å². The van der Waals surface area contributed by atoms with Gasteiger partial charge in [0, 0.05) is 39.3 Å². The summed E-state index contributed by atoms with van der Waals surface area (Å²) < 4.78 is 0. The molecule has 0 fully saturated rings. The molecule has 0 saturated heterocycles. The molecule has 16 heavy (non-hydrogen) atoms. The fourth-order valence-electron chi connectivity index (χ4n) is 1.33. The summed E-state index contributed by atoms with van der Waals surface area (Å²) in [6.45, 7) is 12.0. The molecule has 0 aliphatic carbocycles. The molecule has 0 aromatic rings. The van der Waals surface area contributed by atoms with E-state index in [0.29, 0.717) is 0 Å². The second-order valence-corrected chi connectivity index (χ2v) is 4.54. The van der Waals surface area contributed by atoms with Gasteiger partial charge < -0.3 is 21.3 Å². The molecular formula is C12H30N4. The Labute approximate surface area is 101 Å². The first-order valence-electron chi connectivity index (χ1n) is 6.54. The fourth-order valence-corrected chi connectivity index (χ4v) is 1.33. The summed E-state index contributed by atoms with van der Waals surface area (Å²) in [6, 6.07) is 0. The summed E-state index contributed by atoms with van der Waals surface area (Å²) >= 11 is 0. The van der Waals surface area contributed by atoms with Gasteiger partial charge in [0.2, 0.25) is 0 Å². The second kappa shape index (κ2) is 12.9. The van der Waals surface area contributed by atoms with E-state index in [0.717, 1.165) is 51.7 Å². The zero-order chi connectivity index (χ0) is 12.1. The van der Waals surface area contributed by atoms with Crippen LogP contribution >= 0.6 is 0 Å². The third kappa shape index (κ3) is 13.8. The topological polar surface area (TPSA) is 48.1 Å². The van der Waals surface area contributed by atoms with Crippen LogP contribution in [-0.2, 0) is 0 Å². The van der Waals surface area contributed by atoms with Crippen molar-refractivity contribution in [3.05, 3.63) is 0 Å². The maximum atomic E-state index is 3.44. The molecule has 4 nitrogen and oxygen atoms in total. The zero-order valence-corrected chi connectivity index (χ0v) is 11.2. The molecule has 0 unspecified atom stereocenters. The predicted molar refractivity (Wildman–Crippen MR) is 72.0 cm³/mol. The molecule has 0 heterocycles. The summed E-state index contributed by atoms with van der Waals surface area (Å²) in [7, 11) is 1.97. The summed E-state index contributed by atoms with van der Waals surface area (Å²) in [4.78, 5) is 0. The molecule has 0 rings (SSSR count). The highest BCUT2D eigenvalue weighted by Crippen LogP contribution is 1.95. The van der Waals surface area contributed by atoms with E-state index >= 15 is 0 Å². The maximum absolute atomic E-state index is 3.44. The molecule has 0 aliphatic heterocycles. The molecule has 0 atom stereocenters. The van der Waals surface area contributed by atoms with Gasteiger partial charge in [-0.05, 0) is 25.9 Å². The van der Waals surface area contributed by atoms with Gasteiger partial charge in [-0.1, -0.05) is 13.8 Å². The quantitative estimate of drug-likeness (QED) is 0.357. The van der Waals surface area contributed by atoms with Gasteiger partial charge in [0.05, 0.1) is 0 Å². The lowest BCUT2D eigenvalue weighted by molar-refractivity contribution is 0.523. The summed E-state index contributed by atoms with van der Waals surface area (Å²) in [5.74, 6) is 0.803. The molecule has 0 amide bonds. The Kier molecular flexibility index (Phi) is 12.8. The normalized spacial score (nSPS) is 11.2. The van der Waals surface area contributed by atoms with Gasteiger partial charge >= 0.3 is 0 Å². The Morgan fingerprint density at radius 1 is 0.688 bits per heavy atom. The third-order valence-electron chi connectivity index (χ3n) is 2.41. The average Bonchev–Trinajstić information content (AvgIpc) is 2.25. The van der Waals surface area contributed by atoms with Gasteiger partial charge in [-0.15, -0.1) is 0 Å². The van der Waals surface area contributed by atoms with E-state index in [-0.39, 0.29) is 0 Å². The van der Waals surface area contributed by atoms with Crippen molar-refractivity contribution < 1.29 is 0 Å². The molecule has 0 spiro atoms. The lowest BCUT2D eigenvalue weighted by Gasteiger charge is -2.08. The van der Waals surface area contributed by atoms with Gasteiger partial charge in [0.25, 0.3) is 0 Å². The van der Waals surface area contributed by atoms with Crippen molar-refractivity contribution >= 4 is 0 Å². The lowest BCUT2D eigenvalue weighted by atomic mass is 10.1. The van der Waals surface area contributed by atoms with Crippen LogP contribution in [-0.4, -0.2) is 52.9 Å². The minimum absolute atomic E-state index is 0.803. The maximum Gasteiger partial charge on any atom is 0.00772 e.